The number of rotatable bonds is 10. The van der Waals surface area contributed by atoms with Crippen molar-refractivity contribution in [3.8, 4) is 5.75 Å². The number of esters is 1. The molecule has 2 aromatic carbocycles. The molecule has 1 N–H and O–H groups in total. The van der Waals surface area contributed by atoms with Crippen LogP contribution in [-0.2, 0) is 14.3 Å². The number of halogens is 1. The van der Waals surface area contributed by atoms with Gasteiger partial charge in [-0.25, -0.2) is 9.78 Å². The van der Waals surface area contributed by atoms with Crippen LogP contribution in [0.5, 0.6) is 5.75 Å². The molecule has 202 valence electrons. The van der Waals surface area contributed by atoms with Crippen molar-refractivity contribution in [2.75, 3.05) is 18.1 Å². The number of aliphatic hydroxyl groups is 1. The molecule has 1 aromatic heterocycles. The van der Waals surface area contributed by atoms with Crippen LogP contribution >= 0.6 is 27.3 Å². The molecule has 0 saturated carbocycles. The third-order valence-electron chi connectivity index (χ3n) is 6.03. The Morgan fingerprint density at radius 1 is 1.18 bits per heavy atom. The summed E-state index contributed by atoms with van der Waals surface area (Å²) in [5.41, 5.74) is 1.23. The predicted molar refractivity (Wildman–Crippen MR) is 153 cm³/mol. The van der Waals surface area contributed by atoms with Gasteiger partial charge in [0.2, 0.25) is 0 Å². The van der Waals surface area contributed by atoms with Gasteiger partial charge in [-0.15, -0.1) is 0 Å². The summed E-state index contributed by atoms with van der Waals surface area (Å²) in [6, 6.07) is 12.8. The fourth-order valence-electron chi connectivity index (χ4n) is 4.06. The summed E-state index contributed by atoms with van der Waals surface area (Å²) in [5.74, 6) is -1.99. The minimum Gasteiger partial charge on any atom is -0.507 e. The molecule has 1 atom stereocenters. The average Bonchev–Trinajstić information content (AvgIpc) is 3.44. The molecule has 1 saturated heterocycles. The van der Waals surface area contributed by atoms with Crippen molar-refractivity contribution < 1.29 is 29.0 Å². The largest absolute Gasteiger partial charge is 0.507 e. The number of hydrogen-bond donors (Lipinski definition) is 1. The van der Waals surface area contributed by atoms with E-state index in [0.29, 0.717) is 29.2 Å². The van der Waals surface area contributed by atoms with E-state index in [1.54, 1.807) is 55.5 Å². The lowest BCUT2D eigenvalue weighted by molar-refractivity contribution is -0.132. The minimum atomic E-state index is -0.971. The van der Waals surface area contributed by atoms with Crippen molar-refractivity contribution in [3.05, 3.63) is 92.9 Å². The Morgan fingerprint density at radius 3 is 2.51 bits per heavy atom. The van der Waals surface area contributed by atoms with Crippen LogP contribution < -0.4 is 9.64 Å². The van der Waals surface area contributed by atoms with Gasteiger partial charge in [0, 0.05) is 10.0 Å². The number of aryl methyl sites for hydroxylation is 1. The molecule has 1 fully saturated rings. The number of ketones is 1. The van der Waals surface area contributed by atoms with E-state index in [1.165, 1.54) is 11.0 Å². The van der Waals surface area contributed by atoms with Gasteiger partial charge in [-0.1, -0.05) is 65.4 Å². The molecule has 1 aliphatic rings. The third-order valence-corrected chi connectivity index (χ3v) is 7.70. The van der Waals surface area contributed by atoms with E-state index in [-0.39, 0.29) is 27.9 Å². The van der Waals surface area contributed by atoms with Crippen LogP contribution in [0, 0.1) is 6.92 Å². The van der Waals surface area contributed by atoms with E-state index in [9.17, 15) is 19.5 Å². The number of hydrogen-bond acceptors (Lipinski definition) is 8. The van der Waals surface area contributed by atoms with Crippen LogP contribution in [0.2, 0.25) is 0 Å². The Bertz CT molecular complexity index is 1430. The smallest absolute Gasteiger partial charge is 0.350 e. The number of ether oxygens (including phenoxy) is 2. The van der Waals surface area contributed by atoms with E-state index < -0.39 is 23.7 Å². The van der Waals surface area contributed by atoms with Gasteiger partial charge in [-0.3, -0.25) is 14.5 Å². The lowest BCUT2D eigenvalue weighted by Gasteiger charge is -2.23. The first-order chi connectivity index (χ1) is 18.8. The summed E-state index contributed by atoms with van der Waals surface area (Å²) in [6.45, 7) is 7.84. The molecule has 8 nitrogen and oxygen atoms in total. The molecule has 39 heavy (non-hydrogen) atoms. The summed E-state index contributed by atoms with van der Waals surface area (Å²) in [7, 11) is 0. The number of thiazole rings is 1. The minimum absolute atomic E-state index is 0.0251. The zero-order valence-electron chi connectivity index (χ0n) is 21.5. The maximum atomic E-state index is 13.4. The van der Waals surface area contributed by atoms with Crippen LogP contribution in [0.15, 0.2) is 71.2 Å². The van der Waals surface area contributed by atoms with Crippen LogP contribution in [0.1, 0.15) is 52.3 Å². The van der Waals surface area contributed by atoms with Crippen LogP contribution in [0.25, 0.3) is 5.76 Å². The quantitative estimate of drug-likeness (QED) is 0.0710. The lowest BCUT2D eigenvalue weighted by Crippen LogP contribution is -2.29. The van der Waals surface area contributed by atoms with E-state index >= 15 is 0 Å². The van der Waals surface area contributed by atoms with Crippen LogP contribution in [-0.4, -0.2) is 41.0 Å². The van der Waals surface area contributed by atoms with Crippen molar-refractivity contribution in [1.29, 1.82) is 0 Å². The summed E-state index contributed by atoms with van der Waals surface area (Å²) in [5, 5.41) is 11.5. The molecule has 0 spiro atoms. The summed E-state index contributed by atoms with van der Waals surface area (Å²) < 4.78 is 11.6. The Balaban J connectivity index is 1.79. The van der Waals surface area contributed by atoms with Crippen molar-refractivity contribution in [2.24, 2.45) is 0 Å². The summed E-state index contributed by atoms with van der Waals surface area (Å²) >= 11 is 4.35. The molecular weight excluding hydrogens is 584 g/mol. The Hall–Kier alpha value is -3.76. The molecule has 10 heteroatoms. The molecular formula is C29H27BrN2O6S. The first-order valence-electron chi connectivity index (χ1n) is 12.3. The van der Waals surface area contributed by atoms with Crippen LogP contribution in [0.3, 0.4) is 0 Å². The number of Topliss-reactive ketones (excluding diaryl/α,β-unsaturated/α-hetero) is 1. The third kappa shape index (κ3) is 5.97. The first-order valence-corrected chi connectivity index (χ1v) is 13.9. The van der Waals surface area contributed by atoms with E-state index in [2.05, 4.69) is 34.4 Å². The summed E-state index contributed by atoms with van der Waals surface area (Å²) in [6.07, 6.45) is 3.37. The normalized spacial score (nSPS) is 16.4. The number of aromatic nitrogens is 1. The highest BCUT2D eigenvalue weighted by Gasteiger charge is 2.48. The monoisotopic (exact) mass is 610 g/mol. The second-order valence-electron chi connectivity index (χ2n) is 8.75. The fraction of sp³-hybridized carbons (Fsp3) is 0.241. The van der Waals surface area contributed by atoms with Gasteiger partial charge < -0.3 is 14.6 Å². The highest BCUT2D eigenvalue weighted by Crippen LogP contribution is 2.44. The maximum Gasteiger partial charge on any atom is 0.350 e. The fourth-order valence-corrected chi connectivity index (χ4v) is 5.32. The molecule has 0 bridgehead atoms. The van der Waals surface area contributed by atoms with Gasteiger partial charge in [-0.05, 0) is 55.3 Å². The van der Waals surface area contributed by atoms with Crippen molar-refractivity contribution in [2.45, 2.75) is 32.7 Å². The number of amides is 1. The Labute approximate surface area is 238 Å². The molecule has 2 heterocycles. The molecule has 1 unspecified atom stereocenters. The zero-order chi connectivity index (χ0) is 28.1. The van der Waals surface area contributed by atoms with Gasteiger partial charge in [0.25, 0.3) is 5.78 Å². The lowest BCUT2D eigenvalue weighted by atomic mass is 9.95. The SMILES string of the molecule is C=CCOC(=O)c1sc(N2C(=O)C(=O)/C(=C(\O)c3ccc(OCCCC)cc3)C2c2ccc(Br)cc2)nc1C. The first kappa shape index (κ1) is 28.3. The highest BCUT2D eigenvalue weighted by atomic mass is 79.9. The van der Waals surface area contributed by atoms with Crippen LogP contribution in [0.4, 0.5) is 5.13 Å². The van der Waals surface area contributed by atoms with Crippen molar-refractivity contribution in [3.63, 3.8) is 0 Å². The maximum absolute atomic E-state index is 13.4. The Kier molecular flexibility index (Phi) is 8.98. The van der Waals surface area contributed by atoms with Gasteiger partial charge in [0.15, 0.2) is 5.13 Å². The van der Waals surface area contributed by atoms with Gasteiger partial charge in [0.1, 0.15) is 23.0 Å². The zero-order valence-corrected chi connectivity index (χ0v) is 23.9. The molecule has 1 aliphatic heterocycles. The number of carbonyl (C=O) groups excluding carboxylic acids is 3. The molecule has 4 rings (SSSR count). The molecule has 3 aromatic rings. The van der Waals surface area contributed by atoms with Gasteiger partial charge >= 0.3 is 11.9 Å². The number of nitrogens with zero attached hydrogens (tertiary/aromatic N) is 2. The summed E-state index contributed by atoms with van der Waals surface area (Å²) in [4.78, 5) is 45.2. The number of anilines is 1. The number of carbonyl (C=O) groups is 3. The van der Waals surface area contributed by atoms with E-state index in [4.69, 9.17) is 9.47 Å². The average molecular weight is 612 g/mol. The standard InChI is InChI=1S/C29H27BrN2O6S/c1-4-6-16-37-21-13-9-19(10-14-21)24(33)22-23(18-7-11-20(30)12-8-18)32(27(35)25(22)34)29-31-17(3)26(39-29)28(36)38-15-5-2/h5,7-14,23,33H,2,4,6,15-16H2,1,3H3/b24-22-. The van der Waals surface area contributed by atoms with E-state index in [1.807, 2.05) is 0 Å². The van der Waals surface area contributed by atoms with E-state index in [0.717, 1.165) is 28.7 Å². The Morgan fingerprint density at radius 2 is 1.87 bits per heavy atom. The van der Waals surface area contributed by atoms with Gasteiger partial charge in [-0.2, -0.15) is 0 Å². The van der Waals surface area contributed by atoms with Gasteiger partial charge in [0.05, 0.1) is 23.9 Å². The second-order valence-corrected chi connectivity index (χ2v) is 10.6. The number of benzene rings is 2. The second kappa shape index (κ2) is 12.4. The topological polar surface area (TPSA) is 106 Å². The number of aliphatic hydroxyl groups excluding tert-OH is 1. The van der Waals surface area contributed by atoms with Crippen molar-refractivity contribution >= 4 is 55.8 Å². The predicted octanol–water partition coefficient (Wildman–Crippen LogP) is 6.36. The molecule has 0 radical (unpaired) electrons. The molecule has 0 aliphatic carbocycles. The molecule has 1 amide bonds. The number of unbranched alkanes of at least 4 members (excludes halogenated alkanes) is 1. The highest BCUT2D eigenvalue weighted by molar-refractivity contribution is 9.10. The van der Waals surface area contributed by atoms with Crippen molar-refractivity contribution in [1.82, 2.24) is 4.98 Å².